The molecule has 0 bridgehead atoms. The Bertz CT molecular complexity index is 615. The highest BCUT2D eigenvalue weighted by molar-refractivity contribution is 5.80. The number of aryl methyl sites for hydroxylation is 1. The molecule has 4 heteroatoms. The average molecular weight is 343 g/mol. The molecule has 0 aromatic heterocycles. The van der Waals surface area contributed by atoms with Gasteiger partial charge in [0.15, 0.2) is 0 Å². The standard InChI is InChI=1S/C21H29NO3/c1-21(11-10-16-6-3-2-4-7-16)12-13-22(15-21)19(23)17-8-5-9-18(14-17)20(24)25/h2-4,6-7,17-18H,5,8-15H2,1H3,(H,24,25). The average Bonchev–Trinajstić information content (AvgIpc) is 3.03. The van der Waals surface area contributed by atoms with Crippen LogP contribution in [0.1, 0.15) is 51.0 Å². The van der Waals surface area contributed by atoms with Gasteiger partial charge in [0.25, 0.3) is 0 Å². The van der Waals surface area contributed by atoms with Crippen LogP contribution in [0.5, 0.6) is 0 Å². The highest BCUT2D eigenvalue weighted by atomic mass is 16.4. The fourth-order valence-electron chi connectivity index (χ4n) is 4.40. The second-order valence-electron chi connectivity index (χ2n) is 8.20. The first-order valence-electron chi connectivity index (χ1n) is 9.52. The molecule has 0 spiro atoms. The molecule has 4 nitrogen and oxygen atoms in total. The first-order valence-corrected chi connectivity index (χ1v) is 9.52. The van der Waals surface area contributed by atoms with Crippen molar-refractivity contribution in [3.8, 4) is 0 Å². The van der Waals surface area contributed by atoms with E-state index >= 15 is 0 Å². The molecule has 25 heavy (non-hydrogen) atoms. The largest absolute Gasteiger partial charge is 0.481 e. The number of benzene rings is 1. The van der Waals surface area contributed by atoms with E-state index in [2.05, 4.69) is 31.2 Å². The summed E-state index contributed by atoms with van der Waals surface area (Å²) in [7, 11) is 0. The van der Waals surface area contributed by atoms with Crippen LogP contribution >= 0.6 is 0 Å². The van der Waals surface area contributed by atoms with Crippen molar-refractivity contribution in [2.75, 3.05) is 13.1 Å². The maximum atomic E-state index is 12.9. The van der Waals surface area contributed by atoms with E-state index in [0.717, 1.165) is 45.2 Å². The van der Waals surface area contributed by atoms with Crippen molar-refractivity contribution in [2.24, 2.45) is 17.3 Å². The fraction of sp³-hybridized carbons (Fsp3) is 0.619. The smallest absolute Gasteiger partial charge is 0.306 e. The molecule has 0 radical (unpaired) electrons. The summed E-state index contributed by atoms with van der Waals surface area (Å²) in [6, 6.07) is 10.5. The van der Waals surface area contributed by atoms with Crippen LogP contribution in [0.15, 0.2) is 30.3 Å². The summed E-state index contributed by atoms with van der Waals surface area (Å²) >= 11 is 0. The van der Waals surface area contributed by atoms with Gasteiger partial charge < -0.3 is 10.0 Å². The van der Waals surface area contributed by atoms with Gasteiger partial charge in [0.1, 0.15) is 0 Å². The summed E-state index contributed by atoms with van der Waals surface area (Å²) in [5.74, 6) is -0.984. The number of hydrogen-bond acceptors (Lipinski definition) is 2. The SMILES string of the molecule is CC1(CCc2ccccc2)CCN(C(=O)C2CCCC(C(=O)O)C2)C1. The van der Waals surface area contributed by atoms with Crippen molar-refractivity contribution in [2.45, 2.75) is 51.9 Å². The van der Waals surface area contributed by atoms with E-state index in [1.54, 1.807) is 0 Å². The van der Waals surface area contributed by atoms with Crippen molar-refractivity contribution in [1.82, 2.24) is 4.90 Å². The van der Waals surface area contributed by atoms with E-state index in [0.29, 0.717) is 12.8 Å². The Morgan fingerprint density at radius 1 is 1.20 bits per heavy atom. The fourth-order valence-corrected chi connectivity index (χ4v) is 4.40. The molecule has 2 aliphatic rings. The van der Waals surface area contributed by atoms with Gasteiger partial charge in [-0.15, -0.1) is 0 Å². The van der Waals surface area contributed by atoms with Crippen LogP contribution in [0, 0.1) is 17.3 Å². The minimum atomic E-state index is -0.744. The zero-order valence-corrected chi connectivity index (χ0v) is 15.1. The molecule has 1 saturated heterocycles. The van der Waals surface area contributed by atoms with Gasteiger partial charge in [0.05, 0.1) is 5.92 Å². The first-order chi connectivity index (χ1) is 12.0. The van der Waals surface area contributed by atoms with E-state index < -0.39 is 5.97 Å². The topological polar surface area (TPSA) is 57.6 Å². The predicted octanol–water partition coefficient (Wildman–Crippen LogP) is 3.75. The number of aliphatic carboxylic acids is 1. The summed E-state index contributed by atoms with van der Waals surface area (Å²) in [6.45, 7) is 3.91. The Labute approximate surface area is 150 Å². The van der Waals surface area contributed by atoms with Gasteiger partial charge in [-0.2, -0.15) is 0 Å². The number of nitrogens with zero attached hydrogens (tertiary/aromatic N) is 1. The van der Waals surface area contributed by atoms with Crippen LogP contribution < -0.4 is 0 Å². The number of carboxylic acid groups (broad SMARTS) is 1. The van der Waals surface area contributed by atoms with Crippen molar-refractivity contribution >= 4 is 11.9 Å². The lowest BCUT2D eigenvalue weighted by atomic mass is 9.80. The first kappa shape index (κ1) is 18.0. The normalized spacial score (nSPS) is 29.6. The number of amides is 1. The lowest BCUT2D eigenvalue weighted by Crippen LogP contribution is -2.38. The summed E-state index contributed by atoms with van der Waals surface area (Å²) < 4.78 is 0. The summed E-state index contributed by atoms with van der Waals surface area (Å²) in [5.41, 5.74) is 1.52. The quantitative estimate of drug-likeness (QED) is 0.886. The zero-order valence-electron chi connectivity index (χ0n) is 15.1. The second-order valence-corrected chi connectivity index (χ2v) is 8.20. The van der Waals surface area contributed by atoms with Crippen LogP contribution in [0.2, 0.25) is 0 Å². The molecule has 1 amide bonds. The third kappa shape index (κ3) is 4.42. The molecule has 1 heterocycles. The van der Waals surface area contributed by atoms with E-state index in [4.69, 9.17) is 0 Å². The number of hydrogen-bond donors (Lipinski definition) is 1. The molecule has 2 fully saturated rings. The van der Waals surface area contributed by atoms with Gasteiger partial charge in [0, 0.05) is 19.0 Å². The number of likely N-dealkylation sites (tertiary alicyclic amines) is 1. The molecule has 1 N–H and O–H groups in total. The molecule has 1 aromatic rings. The van der Waals surface area contributed by atoms with Crippen LogP contribution in [0.4, 0.5) is 0 Å². The molecule has 3 rings (SSSR count). The van der Waals surface area contributed by atoms with Crippen molar-refractivity contribution in [3.63, 3.8) is 0 Å². The van der Waals surface area contributed by atoms with E-state index in [1.165, 1.54) is 5.56 Å². The molecule has 136 valence electrons. The number of rotatable bonds is 5. The number of carbonyl (C=O) groups is 2. The van der Waals surface area contributed by atoms with Gasteiger partial charge in [-0.05, 0) is 49.5 Å². The second kappa shape index (κ2) is 7.59. The van der Waals surface area contributed by atoms with Crippen LogP contribution in [0.3, 0.4) is 0 Å². The van der Waals surface area contributed by atoms with E-state index in [-0.39, 0.29) is 23.2 Å². The molecule has 1 saturated carbocycles. The Morgan fingerprint density at radius 3 is 2.64 bits per heavy atom. The van der Waals surface area contributed by atoms with Crippen molar-refractivity contribution < 1.29 is 14.7 Å². The van der Waals surface area contributed by atoms with Gasteiger partial charge in [0.2, 0.25) is 5.91 Å². The van der Waals surface area contributed by atoms with Gasteiger partial charge in [-0.3, -0.25) is 9.59 Å². The van der Waals surface area contributed by atoms with Crippen LogP contribution in [0.25, 0.3) is 0 Å². The molecular weight excluding hydrogens is 314 g/mol. The third-order valence-corrected chi connectivity index (χ3v) is 6.10. The Balaban J connectivity index is 1.54. The maximum absolute atomic E-state index is 12.9. The predicted molar refractivity (Wildman–Crippen MR) is 97.2 cm³/mol. The monoisotopic (exact) mass is 343 g/mol. The van der Waals surface area contributed by atoms with Crippen molar-refractivity contribution in [1.29, 1.82) is 0 Å². The van der Waals surface area contributed by atoms with Gasteiger partial charge >= 0.3 is 5.97 Å². The molecular formula is C21H29NO3. The van der Waals surface area contributed by atoms with E-state index in [9.17, 15) is 14.7 Å². The van der Waals surface area contributed by atoms with E-state index in [1.807, 2.05) is 11.0 Å². The Kier molecular flexibility index (Phi) is 5.45. The molecule has 3 unspecified atom stereocenters. The Morgan fingerprint density at radius 2 is 1.92 bits per heavy atom. The van der Waals surface area contributed by atoms with Gasteiger partial charge in [-0.25, -0.2) is 0 Å². The van der Waals surface area contributed by atoms with Gasteiger partial charge in [-0.1, -0.05) is 43.7 Å². The zero-order chi connectivity index (χ0) is 17.9. The van der Waals surface area contributed by atoms with Crippen LogP contribution in [-0.2, 0) is 16.0 Å². The molecule has 1 aromatic carbocycles. The summed E-state index contributed by atoms with van der Waals surface area (Å²) in [4.78, 5) is 26.1. The minimum Gasteiger partial charge on any atom is -0.481 e. The molecule has 3 atom stereocenters. The highest BCUT2D eigenvalue weighted by Crippen LogP contribution is 2.37. The highest BCUT2D eigenvalue weighted by Gasteiger charge is 2.39. The molecule has 1 aliphatic carbocycles. The molecule has 1 aliphatic heterocycles. The summed E-state index contributed by atoms with van der Waals surface area (Å²) in [5, 5.41) is 9.24. The minimum absolute atomic E-state index is 0.0914. The Hall–Kier alpha value is -1.84. The third-order valence-electron chi connectivity index (χ3n) is 6.10. The van der Waals surface area contributed by atoms with Crippen molar-refractivity contribution in [3.05, 3.63) is 35.9 Å². The maximum Gasteiger partial charge on any atom is 0.306 e. The number of carboxylic acids is 1. The van der Waals surface area contributed by atoms with Crippen LogP contribution in [-0.4, -0.2) is 35.0 Å². The summed E-state index contributed by atoms with van der Waals surface area (Å²) in [6.07, 6.45) is 6.11. The number of carbonyl (C=O) groups excluding carboxylic acids is 1. The lowest BCUT2D eigenvalue weighted by Gasteiger charge is -2.30. The lowest BCUT2D eigenvalue weighted by molar-refractivity contribution is -0.145.